The van der Waals surface area contributed by atoms with Gasteiger partial charge in [-0.3, -0.25) is 5.43 Å². The number of aromatic nitrogens is 2. The number of thiocarbonyl (C=S) groups is 1. The van der Waals surface area contributed by atoms with Crippen LogP contribution in [0.15, 0.2) is 11.4 Å². The Labute approximate surface area is 75.1 Å². The first-order chi connectivity index (χ1) is 5.70. The Morgan fingerprint density at radius 2 is 2.67 bits per heavy atom. The highest BCUT2D eigenvalue weighted by molar-refractivity contribution is 7.80. The topological polar surface area (TPSA) is 79.1 Å². The summed E-state index contributed by atoms with van der Waals surface area (Å²) >= 11 is 4.55. The lowest BCUT2D eigenvalue weighted by Crippen LogP contribution is -2.24. The number of nitrogens with one attached hydrogen (secondary N) is 2. The van der Waals surface area contributed by atoms with Crippen molar-refractivity contribution in [1.82, 2.24) is 15.4 Å². The summed E-state index contributed by atoms with van der Waals surface area (Å²) in [4.78, 5) is 6.90. The molecule has 0 saturated heterocycles. The molecule has 0 unspecified atom stereocenters. The Kier molecular flexibility index (Phi) is 2.76. The van der Waals surface area contributed by atoms with Crippen LogP contribution in [0.25, 0.3) is 0 Å². The zero-order valence-corrected chi connectivity index (χ0v) is 7.35. The molecule has 0 aliphatic heterocycles. The summed E-state index contributed by atoms with van der Waals surface area (Å²) in [5, 5.41) is 3.89. The third-order valence-corrected chi connectivity index (χ3v) is 1.32. The Balaban J connectivity index is 2.57. The highest BCUT2D eigenvalue weighted by Crippen LogP contribution is 1.94. The van der Waals surface area contributed by atoms with Crippen molar-refractivity contribution in [3.8, 4) is 0 Å². The maximum absolute atomic E-state index is 5.15. The van der Waals surface area contributed by atoms with Gasteiger partial charge in [-0.05, 0) is 19.1 Å². The van der Waals surface area contributed by atoms with Gasteiger partial charge in [-0.1, -0.05) is 0 Å². The number of aromatic amines is 1. The first kappa shape index (κ1) is 8.66. The Bertz CT molecular complexity index is 303. The molecule has 0 bridgehead atoms. The number of aryl methyl sites for hydroxylation is 1. The lowest BCUT2D eigenvalue weighted by molar-refractivity contribution is 1.04. The molecule has 0 amide bonds. The zero-order chi connectivity index (χ0) is 8.97. The van der Waals surface area contributed by atoms with Gasteiger partial charge in [0.15, 0.2) is 5.11 Å². The summed E-state index contributed by atoms with van der Waals surface area (Å²) in [5.41, 5.74) is 9.29. The molecule has 5 nitrogen and oxygen atoms in total. The fourth-order valence-electron chi connectivity index (χ4n) is 0.657. The van der Waals surface area contributed by atoms with E-state index in [-0.39, 0.29) is 5.11 Å². The molecule has 0 aliphatic rings. The molecular formula is C6H9N5S. The van der Waals surface area contributed by atoms with E-state index in [1.54, 1.807) is 12.5 Å². The second-order valence-corrected chi connectivity index (χ2v) is 2.59. The number of hydrogen-bond acceptors (Lipinski definition) is 3. The van der Waals surface area contributed by atoms with Crippen LogP contribution < -0.4 is 11.2 Å². The lowest BCUT2D eigenvalue weighted by Gasteiger charge is -1.92. The number of hydrazone groups is 1. The Hall–Kier alpha value is -1.43. The number of imidazole rings is 1. The summed E-state index contributed by atoms with van der Waals surface area (Å²) in [6.45, 7) is 1.90. The Morgan fingerprint density at radius 1 is 1.92 bits per heavy atom. The van der Waals surface area contributed by atoms with Crippen molar-refractivity contribution in [2.75, 3.05) is 0 Å². The molecule has 0 saturated carbocycles. The van der Waals surface area contributed by atoms with Crippen molar-refractivity contribution in [1.29, 1.82) is 0 Å². The molecule has 0 spiro atoms. The van der Waals surface area contributed by atoms with Crippen molar-refractivity contribution in [2.24, 2.45) is 10.8 Å². The first-order valence-electron chi connectivity index (χ1n) is 3.28. The van der Waals surface area contributed by atoms with E-state index in [0.717, 1.165) is 11.4 Å². The van der Waals surface area contributed by atoms with E-state index in [1.165, 1.54) is 0 Å². The van der Waals surface area contributed by atoms with Crippen LogP contribution in [0.4, 0.5) is 0 Å². The molecule has 64 valence electrons. The van der Waals surface area contributed by atoms with Gasteiger partial charge in [0.2, 0.25) is 0 Å². The average molecular weight is 183 g/mol. The number of rotatable bonds is 2. The smallest absolute Gasteiger partial charge is 0.184 e. The molecule has 0 fully saturated rings. The summed E-state index contributed by atoms with van der Waals surface area (Å²) in [6.07, 6.45) is 3.14. The molecular weight excluding hydrogens is 174 g/mol. The third kappa shape index (κ3) is 2.31. The second-order valence-electron chi connectivity index (χ2n) is 2.15. The lowest BCUT2D eigenvalue weighted by atomic mass is 10.4. The van der Waals surface area contributed by atoms with Crippen LogP contribution >= 0.6 is 12.2 Å². The monoisotopic (exact) mass is 183 g/mol. The van der Waals surface area contributed by atoms with Crippen LogP contribution in [0, 0.1) is 6.92 Å². The molecule has 6 heteroatoms. The number of nitrogens with two attached hydrogens (primary N) is 1. The Morgan fingerprint density at radius 3 is 3.17 bits per heavy atom. The van der Waals surface area contributed by atoms with E-state index in [1.807, 2.05) is 6.92 Å². The van der Waals surface area contributed by atoms with Crippen molar-refractivity contribution in [3.63, 3.8) is 0 Å². The van der Waals surface area contributed by atoms with E-state index in [0.29, 0.717) is 0 Å². The van der Waals surface area contributed by atoms with Crippen LogP contribution in [0.5, 0.6) is 0 Å². The van der Waals surface area contributed by atoms with E-state index in [4.69, 9.17) is 5.73 Å². The largest absolute Gasteiger partial charge is 0.375 e. The van der Waals surface area contributed by atoms with Gasteiger partial charge in [0.25, 0.3) is 0 Å². The second kappa shape index (κ2) is 3.82. The molecule has 1 rings (SSSR count). The van der Waals surface area contributed by atoms with Gasteiger partial charge in [0, 0.05) is 5.69 Å². The maximum Gasteiger partial charge on any atom is 0.184 e. The summed E-state index contributed by atoms with van der Waals surface area (Å²) in [5.74, 6) is 0. The van der Waals surface area contributed by atoms with Crippen molar-refractivity contribution < 1.29 is 0 Å². The number of nitrogens with zero attached hydrogens (tertiary/aromatic N) is 2. The highest BCUT2D eigenvalue weighted by Gasteiger charge is 1.94. The van der Waals surface area contributed by atoms with Gasteiger partial charge >= 0.3 is 0 Å². The number of hydrogen-bond donors (Lipinski definition) is 3. The van der Waals surface area contributed by atoms with E-state index in [2.05, 4.69) is 32.7 Å². The summed E-state index contributed by atoms with van der Waals surface area (Å²) < 4.78 is 0. The molecule has 0 aromatic carbocycles. The van der Waals surface area contributed by atoms with E-state index < -0.39 is 0 Å². The molecule has 1 aromatic rings. The fourth-order valence-corrected chi connectivity index (χ4v) is 0.709. The third-order valence-electron chi connectivity index (χ3n) is 1.23. The van der Waals surface area contributed by atoms with Crippen LogP contribution in [0.3, 0.4) is 0 Å². The minimum absolute atomic E-state index is 0.138. The van der Waals surface area contributed by atoms with Gasteiger partial charge in [-0.2, -0.15) is 5.10 Å². The van der Waals surface area contributed by atoms with Crippen molar-refractivity contribution in [2.45, 2.75) is 6.92 Å². The van der Waals surface area contributed by atoms with Gasteiger partial charge in [-0.25, -0.2) is 4.98 Å². The molecule has 1 heterocycles. The van der Waals surface area contributed by atoms with Crippen molar-refractivity contribution in [3.05, 3.63) is 17.7 Å². The van der Waals surface area contributed by atoms with E-state index >= 15 is 0 Å². The average Bonchev–Trinajstić information content (AvgIpc) is 2.36. The van der Waals surface area contributed by atoms with Crippen LogP contribution in [0.2, 0.25) is 0 Å². The molecule has 0 aliphatic carbocycles. The number of H-pyrrole nitrogens is 1. The SMILES string of the molecule is Cc1[nH]cnc1/C=N\NC(N)=S. The molecule has 4 N–H and O–H groups in total. The van der Waals surface area contributed by atoms with Crippen molar-refractivity contribution >= 4 is 23.5 Å². The van der Waals surface area contributed by atoms with Gasteiger partial charge in [0.1, 0.15) is 5.69 Å². The predicted octanol–water partition coefficient (Wildman–Crippen LogP) is -0.115. The standard InChI is InChI=1S/C6H9N5S/c1-4-5(9-3-8-4)2-10-11-6(7)12/h2-3H,1H3,(H,8,9)(H3,7,11,12)/b10-2-. The summed E-state index contributed by atoms with van der Waals surface area (Å²) in [6, 6.07) is 0. The molecule has 0 atom stereocenters. The maximum atomic E-state index is 5.15. The van der Waals surface area contributed by atoms with Crippen LogP contribution in [-0.2, 0) is 0 Å². The normalized spacial score (nSPS) is 10.4. The molecule has 0 radical (unpaired) electrons. The quantitative estimate of drug-likeness (QED) is 0.339. The van der Waals surface area contributed by atoms with Gasteiger partial charge < -0.3 is 10.7 Å². The minimum atomic E-state index is 0.138. The van der Waals surface area contributed by atoms with Gasteiger partial charge in [-0.15, -0.1) is 0 Å². The minimum Gasteiger partial charge on any atom is -0.375 e. The highest BCUT2D eigenvalue weighted by atomic mass is 32.1. The predicted molar refractivity (Wildman–Crippen MR) is 50.8 cm³/mol. The van der Waals surface area contributed by atoms with Gasteiger partial charge in [0.05, 0.1) is 12.5 Å². The van der Waals surface area contributed by atoms with Crippen LogP contribution in [-0.4, -0.2) is 21.3 Å². The zero-order valence-electron chi connectivity index (χ0n) is 6.53. The summed E-state index contributed by atoms with van der Waals surface area (Å²) in [7, 11) is 0. The molecule has 1 aromatic heterocycles. The first-order valence-corrected chi connectivity index (χ1v) is 3.69. The molecule has 12 heavy (non-hydrogen) atoms. The van der Waals surface area contributed by atoms with Crippen LogP contribution in [0.1, 0.15) is 11.4 Å². The fraction of sp³-hybridized carbons (Fsp3) is 0.167. The van der Waals surface area contributed by atoms with E-state index in [9.17, 15) is 0 Å².